The minimum absolute atomic E-state index is 0.194. The van der Waals surface area contributed by atoms with Crippen LogP contribution in [0.3, 0.4) is 0 Å². The van der Waals surface area contributed by atoms with E-state index in [1.54, 1.807) is 0 Å². The Morgan fingerprint density at radius 1 is 0.380 bits per heavy atom. The monoisotopic (exact) mass is 1010 g/mol. The molecule has 12 aromatic carbocycles. The maximum atomic E-state index is 6.22. The van der Waals surface area contributed by atoms with Gasteiger partial charge in [0.1, 0.15) is 11.2 Å². The van der Waals surface area contributed by atoms with Crippen molar-refractivity contribution in [3.63, 3.8) is 0 Å². The maximum absolute atomic E-state index is 6.22. The van der Waals surface area contributed by atoms with E-state index in [0.717, 1.165) is 35.0 Å². The molecule has 0 radical (unpaired) electrons. The summed E-state index contributed by atoms with van der Waals surface area (Å²) in [4.78, 5) is 0. The molecule has 0 N–H and O–H groups in total. The lowest BCUT2D eigenvalue weighted by atomic mass is 9.69. The summed E-state index contributed by atoms with van der Waals surface area (Å²) >= 11 is 0. The molecule has 3 aliphatic carbocycles. The molecule has 0 amide bonds. The standard InChI is InChI=1S/C64H42O.C14H12/c1-2-15-42(16-3-1)46-22-12-27-57-61(46)51-19-6-9-25-55(51)64(57)56-26-10-7-20-52(56)62-50(24-13-28-58(62)64)54-39-44-38-41(33-36-45(44)48-17-4-5-18-49(48)54)37-40-31-34-43(35-32-40)47-23-14-30-60-63(47)53-21-8-11-29-59(53)65-60;1-2-12-8-10-14(11-9-12)13-6-4-3-5-7-13/h1-36,38,54H,37,39H2;2-11H,1H2. The van der Waals surface area contributed by atoms with Crippen molar-refractivity contribution < 1.29 is 4.42 Å². The van der Waals surface area contributed by atoms with E-state index in [-0.39, 0.29) is 5.92 Å². The quantitative estimate of drug-likeness (QED) is 0.155. The fraction of sp³-hybridized carbons (Fsp3) is 0.0513. The molecule has 79 heavy (non-hydrogen) atoms. The summed E-state index contributed by atoms with van der Waals surface area (Å²) in [6.07, 6.45) is 3.67. The van der Waals surface area contributed by atoms with E-state index in [2.05, 4.69) is 273 Å². The number of hydrogen-bond acceptors (Lipinski definition) is 1. The number of benzene rings is 12. The molecule has 372 valence electrons. The Hall–Kier alpha value is -9.82. The van der Waals surface area contributed by atoms with Crippen LogP contribution in [-0.4, -0.2) is 0 Å². The number of hydrogen-bond donors (Lipinski definition) is 0. The van der Waals surface area contributed by atoms with Crippen molar-refractivity contribution in [2.75, 3.05) is 0 Å². The van der Waals surface area contributed by atoms with Crippen molar-refractivity contribution in [1.29, 1.82) is 0 Å². The van der Waals surface area contributed by atoms with Crippen LogP contribution in [0.1, 0.15) is 61.6 Å². The third kappa shape index (κ3) is 7.53. The molecule has 0 saturated heterocycles. The molecule has 2 atom stereocenters. The van der Waals surface area contributed by atoms with Gasteiger partial charge in [-0.05, 0) is 147 Å². The normalized spacial score (nSPS) is 15.1. The van der Waals surface area contributed by atoms with Crippen molar-refractivity contribution in [2.24, 2.45) is 0 Å². The van der Waals surface area contributed by atoms with Gasteiger partial charge in [-0.1, -0.05) is 280 Å². The average molecular weight is 1010 g/mol. The van der Waals surface area contributed by atoms with Crippen LogP contribution in [0.5, 0.6) is 0 Å². The van der Waals surface area contributed by atoms with Crippen molar-refractivity contribution in [1.82, 2.24) is 0 Å². The predicted octanol–water partition coefficient (Wildman–Crippen LogP) is 20.2. The summed E-state index contributed by atoms with van der Waals surface area (Å²) in [6.45, 7) is 3.73. The van der Waals surface area contributed by atoms with Gasteiger partial charge in [0.25, 0.3) is 0 Å². The second-order valence-corrected chi connectivity index (χ2v) is 21.4. The molecule has 1 aromatic heterocycles. The summed E-state index contributed by atoms with van der Waals surface area (Å²) in [5, 5.41) is 2.34. The molecular formula is C78H54O. The van der Waals surface area contributed by atoms with Crippen LogP contribution in [-0.2, 0) is 18.3 Å². The van der Waals surface area contributed by atoms with Crippen LogP contribution >= 0.6 is 0 Å². The number of para-hydroxylation sites is 1. The first kappa shape index (κ1) is 46.5. The Labute approximate surface area is 462 Å². The molecule has 2 unspecified atom stereocenters. The van der Waals surface area contributed by atoms with E-state index in [1.165, 1.54) is 122 Å². The Morgan fingerprint density at radius 3 is 1.66 bits per heavy atom. The fourth-order valence-electron chi connectivity index (χ4n) is 13.8. The van der Waals surface area contributed by atoms with Gasteiger partial charge < -0.3 is 4.42 Å². The van der Waals surface area contributed by atoms with Gasteiger partial charge in [-0.3, -0.25) is 0 Å². The minimum Gasteiger partial charge on any atom is -0.456 e. The van der Waals surface area contributed by atoms with E-state index in [1.807, 2.05) is 18.2 Å². The molecule has 1 nitrogen and oxygen atoms in total. The number of fused-ring (bicyclic) bond motifs is 16. The Balaban J connectivity index is 0.000000337. The summed E-state index contributed by atoms with van der Waals surface area (Å²) in [5.41, 5.74) is 30.6. The van der Waals surface area contributed by atoms with E-state index in [0.29, 0.717) is 0 Å². The molecule has 1 heteroatoms. The Kier molecular flexibility index (Phi) is 11.2. The lowest BCUT2D eigenvalue weighted by Crippen LogP contribution is -2.26. The van der Waals surface area contributed by atoms with Crippen molar-refractivity contribution in [3.8, 4) is 66.8 Å². The van der Waals surface area contributed by atoms with Crippen LogP contribution in [0, 0.1) is 0 Å². The highest BCUT2D eigenvalue weighted by Gasteiger charge is 2.53. The number of furan rings is 1. The molecule has 0 aliphatic heterocycles. The molecule has 0 saturated carbocycles. The van der Waals surface area contributed by atoms with Crippen LogP contribution in [0.25, 0.3) is 94.8 Å². The van der Waals surface area contributed by atoms with E-state index in [9.17, 15) is 0 Å². The van der Waals surface area contributed by atoms with Crippen LogP contribution < -0.4 is 0 Å². The van der Waals surface area contributed by atoms with Gasteiger partial charge in [0.15, 0.2) is 0 Å². The molecular weight excluding hydrogens is 953 g/mol. The van der Waals surface area contributed by atoms with E-state index >= 15 is 0 Å². The molecule has 1 spiro atoms. The summed E-state index contributed by atoms with van der Waals surface area (Å²) in [6, 6.07) is 103. The highest BCUT2D eigenvalue weighted by Crippen LogP contribution is 2.65. The zero-order valence-electron chi connectivity index (χ0n) is 43.7. The zero-order chi connectivity index (χ0) is 52.4. The summed E-state index contributed by atoms with van der Waals surface area (Å²) in [5.74, 6) is 0.194. The lowest BCUT2D eigenvalue weighted by Gasteiger charge is -2.32. The maximum Gasteiger partial charge on any atom is 0.136 e. The first-order valence-electron chi connectivity index (χ1n) is 27.6. The molecule has 3 aliphatic rings. The van der Waals surface area contributed by atoms with Crippen molar-refractivity contribution in [2.45, 2.75) is 24.2 Å². The predicted molar refractivity (Wildman–Crippen MR) is 330 cm³/mol. The Morgan fingerprint density at radius 2 is 0.899 bits per heavy atom. The summed E-state index contributed by atoms with van der Waals surface area (Å²) < 4.78 is 6.22. The van der Waals surface area contributed by atoms with Gasteiger partial charge >= 0.3 is 0 Å². The third-order valence-corrected chi connectivity index (χ3v) is 17.2. The highest BCUT2D eigenvalue weighted by atomic mass is 16.3. The largest absolute Gasteiger partial charge is 0.456 e. The van der Waals surface area contributed by atoms with Gasteiger partial charge in [-0.2, -0.15) is 0 Å². The molecule has 16 rings (SSSR count). The average Bonchev–Trinajstić information content (AvgIpc) is 2.58. The smallest absolute Gasteiger partial charge is 0.136 e. The second-order valence-electron chi connectivity index (χ2n) is 21.4. The van der Waals surface area contributed by atoms with Gasteiger partial charge in [0.2, 0.25) is 0 Å². The van der Waals surface area contributed by atoms with Gasteiger partial charge in [-0.15, -0.1) is 0 Å². The van der Waals surface area contributed by atoms with Crippen molar-refractivity contribution >= 4 is 28.0 Å². The third-order valence-electron chi connectivity index (χ3n) is 17.2. The van der Waals surface area contributed by atoms with Crippen LogP contribution in [0.2, 0.25) is 0 Å². The zero-order valence-corrected chi connectivity index (χ0v) is 43.7. The van der Waals surface area contributed by atoms with Crippen LogP contribution in [0.4, 0.5) is 0 Å². The first-order valence-corrected chi connectivity index (χ1v) is 27.6. The van der Waals surface area contributed by atoms with Gasteiger partial charge in [0.05, 0.1) is 5.41 Å². The minimum atomic E-state index is -0.424. The lowest BCUT2D eigenvalue weighted by molar-refractivity contribution is 0.669. The molecule has 13 aromatic rings. The molecule has 0 bridgehead atoms. The van der Waals surface area contributed by atoms with E-state index < -0.39 is 5.41 Å². The van der Waals surface area contributed by atoms with E-state index in [4.69, 9.17) is 4.42 Å². The highest BCUT2D eigenvalue weighted by molar-refractivity contribution is 6.12. The van der Waals surface area contributed by atoms with Crippen LogP contribution in [0.15, 0.2) is 290 Å². The second kappa shape index (κ2) is 19.0. The fourth-order valence-corrected chi connectivity index (χ4v) is 13.8. The first-order chi connectivity index (χ1) is 39.1. The molecule has 1 heterocycles. The SMILES string of the molecule is C=Cc1ccc(-c2ccccc2)cc1.c1ccc(-c2cccc3c2-c2ccccc2C32c3ccccc3-c3c(C4Cc5cc(Cc6ccc(-c7cccc8oc9ccccc9c78)cc6)ccc5-c5ccccc54)cccc32)cc1. The van der Waals surface area contributed by atoms with Gasteiger partial charge in [-0.25, -0.2) is 0 Å². The van der Waals surface area contributed by atoms with Crippen molar-refractivity contribution in [3.05, 3.63) is 341 Å². The topological polar surface area (TPSA) is 13.1 Å². The Bertz CT molecular complexity index is 4480. The summed E-state index contributed by atoms with van der Waals surface area (Å²) in [7, 11) is 0. The molecule has 0 fully saturated rings. The number of rotatable bonds is 7. The van der Waals surface area contributed by atoms with Gasteiger partial charge in [0, 0.05) is 16.7 Å².